The average Bonchev–Trinajstić information content (AvgIpc) is 3.05. The van der Waals surface area contributed by atoms with Crippen molar-refractivity contribution in [3.63, 3.8) is 0 Å². The Labute approximate surface area is 116 Å². The van der Waals surface area contributed by atoms with Crippen LogP contribution in [0.4, 0.5) is 0 Å². The Bertz CT molecular complexity index is 588. The SMILES string of the molecule is COC(=O)c1ncsc1S(=O)(=O)NC(C)(C)C1CC1. The predicted molar refractivity (Wildman–Crippen MR) is 70.6 cm³/mol. The molecule has 0 bridgehead atoms. The van der Waals surface area contributed by atoms with Crippen LogP contribution in [0.15, 0.2) is 9.72 Å². The molecule has 1 heterocycles. The van der Waals surface area contributed by atoms with E-state index in [1.807, 2.05) is 13.8 Å². The first-order valence-corrected chi connectivity index (χ1v) is 8.20. The first-order chi connectivity index (χ1) is 8.78. The van der Waals surface area contributed by atoms with Gasteiger partial charge >= 0.3 is 5.97 Å². The second-order valence-corrected chi connectivity index (χ2v) is 7.81. The molecule has 1 N–H and O–H groups in total. The molecule has 0 aromatic carbocycles. The number of methoxy groups -OCH3 is 1. The van der Waals surface area contributed by atoms with Gasteiger partial charge in [-0.25, -0.2) is 22.9 Å². The lowest BCUT2D eigenvalue weighted by Crippen LogP contribution is -2.45. The van der Waals surface area contributed by atoms with Crippen LogP contribution in [0.3, 0.4) is 0 Å². The molecule has 8 heteroatoms. The molecule has 0 atom stereocenters. The van der Waals surface area contributed by atoms with Crippen LogP contribution in [0.2, 0.25) is 0 Å². The van der Waals surface area contributed by atoms with Gasteiger partial charge in [-0.15, -0.1) is 11.3 Å². The maximum absolute atomic E-state index is 12.3. The quantitative estimate of drug-likeness (QED) is 0.831. The van der Waals surface area contributed by atoms with Crippen LogP contribution in [-0.4, -0.2) is 32.0 Å². The van der Waals surface area contributed by atoms with E-state index in [-0.39, 0.29) is 9.90 Å². The van der Waals surface area contributed by atoms with Gasteiger partial charge in [0.05, 0.1) is 12.6 Å². The Morgan fingerprint density at radius 2 is 2.16 bits per heavy atom. The fourth-order valence-corrected chi connectivity index (χ4v) is 4.54. The molecule has 2 rings (SSSR count). The molecular formula is C11H16N2O4S2. The highest BCUT2D eigenvalue weighted by atomic mass is 32.2. The molecular weight excluding hydrogens is 288 g/mol. The van der Waals surface area contributed by atoms with E-state index in [1.165, 1.54) is 12.6 Å². The van der Waals surface area contributed by atoms with Gasteiger partial charge in [0, 0.05) is 5.54 Å². The van der Waals surface area contributed by atoms with Gasteiger partial charge in [-0.3, -0.25) is 0 Å². The van der Waals surface area contributed by atoms with Gasteiger partial charge in [-0.05, 0) is 32.6 Å². The summed E-state index contributed by atoms with van der Waals surface area (Å²) < 4.78 is 31.8. The Balaban J connectivity index is 2.30. The van der Waals surface area contributed by atoms with Gasteiger partial charge in [0.2, 0.25) is 0 Å². The third kappa shape index (κ3) is 2.96. The maximum Gasteiger partial charge on any atom is 0.358 e. The van der Waals surface area contributed by atoms with E-state index in [0.29, 0.717) is 5.92 Å². The van der Waals surface area contributed by atoms with Gasteiger partial charge in [0.25, 0.3) is 10.0 Å². The van der Waals surface area contributed by atoms with Crippen molar-refractivity contribution in [2.24, 2.45) is 5.92 Å². The number of carbonyl (C=O) groups excluding carboxylic acids is 1. The molecule has 19 heavy (non-hydrogen) atoms. The summed E-state index contributed by atoms with van der Waals surface area (Å²) in [6.45, 7) is 3.70. The number of aromatic nitrogens is 1. The molecule has 0 amide bonds. The van der Waals surface area contributed by atoms with E-state index in [4.69, 9.17) is 0 Å². The van der Waals surface area contributed by atoms with Crippen molar-refractivity contribution >= 4 is 27.3 Å². The molecule has 1 aliphatic rings. The van der Waals surface area contributed by atoms with Crippen molar-refractivity contribution in [3.8, 4) is 0 Å². The number of rotatable bonds is 5. The number of hydrogen-bond acceptors (Lipinski definition) is 6. The third-order valence-electron chi connectivity index (χ3n) is 3.15. The molecule has 1 aliphatic carbocycles. The molecule has 106 valence electrons. The second kappa shape index (κ2) is 4.84. The number of esters is 1. The Morgan fingerprint density at radius 3 is 2.68 bits per heavy atom. The Kier molecular flexibility index (Phi) is 3.67. The van der Waals surface area contributed by atoms with E-state index in [1.54, 1.807) is 0 Å². The predicted octanol–water partition coefficient (Wildman–Crippen LogP) is 1.40. The molecule has 6 nitrogen and oxygen atoms in total. The third-order valence-corrected chi connectivity index (χ3v) is 6.19. The molecule has 1 aromatic rings. The van der Waals surface area contributed by atoms with Gasteiger partial charge in [0.15, 0.2) is 9.90 Å². The highest BCUT2D eigenvalue weighted by molar-refractivity contribution is 7.91. The fourth-order valence-electron chi connectivity index (χ4n) is 1.94. The minimum absolute atomic E-state index is 0.0897. The minimum Gasteiger partial charge on any atom is -0.464 e. The van der Waals surface area contributed by atoms with Crippen LogP contribution in [0.5, 0.6) is 0 Å². The molecule has 0 aliphatic heterocycles. The number of ether oxygens (including phenoxy) is 1. The molecule has 1 aromatic heterocycles. The number of nitrogens with zero attached hydrogens (tertiary/aromatic N) is 1. The van der Waals surface area contributed by atoms with Crippen LogP contribution >= 0.6 is 11.3 Å². The first kappa shape index (κ1) is 14.4. The van der Waals surface area contributed by atoms with Gasteiger partial charge in [-0.1, -0.05) is 0 Å². The van der Waals surface area contributed by atoms with E-state index >= 15 is 0 Å². The smallest absolute Gasteiger partial charge is 0.358 e. The molecule has 1 fully saturated rings. The van der Waals surface area contributed by atoms with Crippen LogP contribution in [0.25, 0.3) is 0 Å². The largest absolute Gasteiger partial charge is 0.464 e. The summed E-state index contributed by atoms with van der Waals surface area (Å²) >= 11 is 0.911. The van der Waals surface area contributed by atoms with Crippen LogP contribution in [0.1, 0.15) is 37.2 Å². The van der Waals surface area contributed by atoms with Crippen molar-refractivity contribution in [2.75, 3.05) is 7.11 Å². The number of hydrogen-bond donors (Lipinski definition) is 1. The van der Waals surface area contributed by atoms with Crippen LogP contribution in [0, 0.1) is 5.92 Å². The van der Waals surface area contributed by atoms with E-state index in [0.717, 1.165) is 24.2 Å². The van der Waals surface area contributed by atoms with Crippen molar-refractivity contribution in [2.45, 2.75) is 36.4 Å². The highest BCUT2D eigenvalue weighted by Gasteiger charge is 2.41. The summed E-state index contributed by atoms with van der Waals surface area (Å²) in [6.07, 6.45) is 2.03. The van der Waals surface area contributed by atoms with E-state index < -0.39 is 21.5 Å². The topological polar surface area (TPSA) is 85.4 Å². The number of nitrogens with one attached hydrogen (secondary N) is 1. The summed E-state index contributed by atoms with van der Waals surface area (Å²) in [7, 11) is -2.57. The lowest BCUT2D eigenvalue weighted by Gasteiger charge is -2.25. The van der Waals surface area contributed by atoms with Gasteiger partial charge in [0.1, 0.15) is 0 Å². The zero-order valence-electron chi connectivity index (χ0n) is 11.0. The minimum atomic E-state index is -3.76. The van der Waals surface area contributed by atoms with E-state index in [9.17, 15) is 13.2 Å². The fraction of sp³-hybridized carbons (Fsp3) is 0.636. The van der Waals surface area contributed by atoms with Gasteiger partial charge in [-0.2, -0.15) is 0 Å². The monoisotopic (exact) mass is 304 g/mol. The number of sulfonamides is 1. The van der Waals surface area contributed by atoms with Crippen molar-refractivity contribution < 1.29 is 17.9 Å². The summed E-state index contributed by atoms with van der Waals surface area (Å²) in [4.78, 5) is 15.3. The van der Waals surface area contributed by atoms with Crippen molar-refractivity contribution in [1.29, 1.82) is 0 Å². The Hall–Kier alpha value is -0.990. The summed E-state index contributed by atoms with van der Waals surface area (Å²) in [5.74, 6) is -0.400. The first-order valence-electron chi connectivity index (χ1n) is 5.83. The zero-order chi connectivity index (χ0) is 14.3. The van der Waals surface area contributed by atoms with Crippen molar-refractivity contribution in [3.05, 3.63) is 11.2 Å². The summed E-state index contributed by atoms with van der Waals surface area (Å²) in [5, 5.41) is 0. The molecule has 1 saturated carbocycles. The number of carbonyl (C=O) groups is 1. The van der Waals surface area contributed by atoms with E-state index in [2.05, 4.69) is 14.4 Å². The molecule has 0 radical (unpaired) electrons. The second-order valence-electron chi connectivity index (χ2n) is 5.08. The normalized spacial score (nSPS) is 16.4. The lowest BCUT2D eigenvalue weighted by atomic mass is 10.0. The molecule has 0 spiro atoms. The van der Waals surface area contributed by atoms with Crippen molar-refractivity contribution in [1.82, 2.24) is 9.71 Å². The van der Waals surface area contributed by atoms with Gasteiger partial charge < -0.3 is 4.74 Å². The average molecular weight is 304 g/mol. The summed E-state index contributed by atoms with van der Waals surface area (Å²) in [6, 6.07) is 0. The standard InChI is InChI=1S/C11H16N2O4S2/c1-11(2,7-4-5-7)13-19(15,16)10-8(9(14)17-3)12-6-18-10/h6-7,13H,4-5H2,1-3H3. The maximum atomic E-state index is 12.3. The molecule has 0 unspecified atom stereocenters. The van der Waals surface area contributed by atoms with Crippen LogP contribution in [-0.2, 0) is 14.8 Å². The number of thiazole rings is 1. The Morgan fingerprint density at radius 1 is 1.53 bits per heavy atom. The zero-order valence-corrected chi connectivity index (χ0v) is 12.6. The molecule has 0 saturated heterocycles. The highest BCUT2D eigenvalue weighted by Crippen LogP contribution is 2.40. The summed E-state index contributed by atoms with van der Waals surface area (Å²) in [5.41, 5.74) is 0.646. The van der Waals surface area contributed by atoms with Crippen LogP contribution < -0.4 is 4.72 Å². The lowest BCUT2D eigenvalue weighted by molar-refractivity contribution is 0.0590.